The van der Waals surface area contributed by atoms with Gasteiger partial charge in [-0.25, -0.2) is 4.39 Å². The first-order chi connectivity index (χ1) is 8.97. The molecular weight excluding hydrogens is 305 g/mol. The van der Waals surface area contributed by atoms with E-state index in [0.717, 1.165) is 15.7 Å². The molecule has 2 aromatic carbocycles. The Labute approximate surface area is 122 Å². The number of anilines is 1. The highest BCUT2D eigenvalue weighted by Crippen LogP contribution is 2.31. The minimum absolute atomic E-state index is 0.123. The fraction of sp³-hybridized carbons (Fsp3) is 0.250. The zero-order chi connectivity index (χ0) is 14.0. The van der Waals surface area contributed by atoms with Crippen LogP contribution in [-0.4, -0.2) is 0 Å². The van der Waals surface area contributed by atoms with Crippen molar-refractivity contribution in [3.8, 4) is 0 Å². The molecule has 0 radical (unpaired) electrons. The van der Waals surface area contributed by atoms with E-state index >= 15 is 0 Å². The van der Waals surface area contributed by atoms with Gasteiger partial charge in [0, 0.05) is 10.5 Å². The quantitative estimate of drug-likeness (QED) is 0.800. The fourth-order valence-corrected chi connectivity index (χ4v) is 2.94. The summed E-state index contributed by atoms with van der Waals surface area (Å²) in [6.45, 7) is 6.22. The third-order valence-corrected chi connectivity index (χ3v) is 3.79. The van der Waals surface area contributed by atoms with Crippen LogP contribution in [0, 0.1) is 19.7 Å². The summed E-state index contributed by atoms with van der Waals surface area (Å²) in [5.41, 5.74) is 4.57. The molecule has 0 aliphatic carbocycles. The van der Waals surface area contributed by atoms with E-state index in [4.69, 9.17) is 0 Å². The van der Waals surface area contributed by atoms with E-state index in [2.05, 4.69) is 54.2 Å². The molecule has 100 valence electrons. The summed E-state index contributed by atoms with van der Waals surface area (Å²) in [4.78, 5) is 0. The van der Waals surface area contributed by atoms with Gasteiger partial charge in [-0.15, -0.1) is 0 Å². The Bertz CT molecular complexity index is 555. The van der Waals surface area contributed by atoms with Gasteiger partial charge >= 0.3 is 0 Å². The summed E-state index contributed by atoms with van der Waals surface area (Å²) in [5, 5.41) is 3.47. The van der Waals surface area contributed by atoms with Gasteiger partial charge in [0.25, 0.3) is 0 Å². The van der Waals surface area contributed by atoms with Crippen LogP contribution in [0.25, 0.3) is 0 Å². The monoisotopic (exact) mass is 321 g/mol. The summed E-state index contributed by atoms with van der Waals surface area (Å²) in [6.07, 6.45) is 0. The molecule has 0 aliphatic heterocycles. The van der Waals surface area contributed by atoms with E-state index in [1.807, 2.05) is 12.1 Å². The van der Waals surface area contributed by atoms with Gasteiger partial charge in [-0.2, -0.15) is 0 Å². The highest BCUT2D eigenvalue weighted by Gasteiger charge is 2.10. The average Bonchev–Trinajstić information content (AvgIpc) is 2.34. The lowest BCUT2D eigenvalue weighted by molar-refractivity contribution is 0.626. The van der Waals surface area contributed by atoms with E-state index in [0.29, 0.717) is 0 Å². The minimum atomic E-state index is -0.205. The minimum Gasteiger partial charge on any atom is -0.377 e. The number of hydrogen-bond acceptors (Lipinski definition) is 1. The Kier molecular flexibility index (Phi) is 4.25. The topological polar surface area (TPSA) is 12.0 Å². The first-order valence-electron chi connectivity index (χ1n) is 6.26. The molecule has 0 aromatic heterocycles. The lowest BCUT2D eigenvalue weighted by atomic mass is 10.1. The second kappa shape index (κ2) is 5.74. The van der Waals surface area contributed by atoms with Crippen LogP contribution < -0.4 is 5.32 Å². The first kappa shape index (κ1) is 14.1. The number of halogens is 2. The van der Waals surface area contributed by atoms with Gasteiger partial charge in [0.15, 0.2) is 0 Å². The van der Waals surface area contributed by atoms with E-state index < -0.39 is 0 Å². The molecule has 3 heteroatoms. The van der Waals surface area contributed by atoms with Crippen LogP contribution in [0.4, 0.5) is 10.1 Å². The molecule has 0 heterocycles. The first-order valence-corrected chi connectivity index (χ1v) is 7.05. The van der Waals surface area contributed by atoms with Crippen molar-refractivity contribution >= 4 is 21.6 Å². The molecule has 2 aromatic rings. The molecule has 1 unspecified atom stereocenters. The van der Waals surface area contributed by atoms with Gasteiger partial charge in [-0.05, 0) is 71.6 Å². The van der Waals surface area contributed by atoms with Crippen LogP contribution >= 0.6 is 15.9 Å². The summed E-state index contributed by atoms with van der Waals surface area (Å²) in [5.74, 6) is -0.205. The highest BCUT2D eigenvalue weighted by atomic mass is 79.9. The van der Waals surface area contributed by atoms with E-state index in [-0.39, 0.29) is 11.9 Å². The predicted molar refractivity (Wildman–Crippen MR) is 82.1 cm³/mol. The van der Waals surface area contributed by atoms with Crippen LogP contribution in [0.15, 0.2) is 40.9 Å². The Morgan fingerprint density at radius 3 is 2.32 bits per heavy atom. The molecule has 1 atom stereocenters. The standard InChI is InChI=1S/C16H17BrFN/c1-10-8-11(2)16(15(17)9-10)19-12(3)13-4-6-14(18)7-5-13/h4-9,12,19H,1-3H3. The van der Waals surface area contributed by atoms with Crippen LogP contribution in [0.1, 0.15) is 29.7 Å². The van der Waals surface area contributed by atoms with Gasteiger partial charge in [0.2, 0.25) is 0 Å². The SMILES string of the molecule is Cc1cc(C)c(NC(C)c2ccc(F)cc2)c(Br)c1. The second-order valence-electron chi connectivity index (χ2n) is 4.86. The van der Waals surface area contributed by atoms with Crippen molar-refractivity contribution < 1.29 is 4.39 Å². The van der Waals surface area contributed by atoms with Crippen molar-refractivity contribution in [2.75, 3.05) is 5.32 Å². The molecular formula is C16H17BrFN. The summed E-state index contributed by atoms with van der Waals surface area (Å²) >= 11 is 3.59. The van der Waals surface area contributed by atoms with Gasteiger partial charge < -0.3 is 5.32 Å². The molecule has 1 nitrogen and oxygen atoms in total. The maximum absolute atomic E-state index is 12.9. The van der Waals surface area contributed by atoms with Crippen LogP contribution in [0.2, 0.25) is 0 Å². The van der Waals surface area contributed by atoms with Gasteiger partial charge in [0.05, 0.1) is 5.69 Å². The Morgan fingerprint density at radius 1 is 1.11 bits per heavy atom. The molecule has 0 bridgehead atoms. The Morgan fingerprint density at radius 2 is 1.74 bits per heavy atom. The normalized spacial score (nSPS) is 12.3. The van der Waals surface area contributed by atoms with Gasteiger partial charge in [-0.1, -0.05) is 18.2 Å². The van der Waals surface area contributed by atoms with Crippen molar-refractivity contribution in [3.63, 3.8) is 0 Å². The Hall–Kier alpha value is -1.35. The number of rotatable bonds is 3. The molecule has 0 amide bonds. The number of aryl methyl sites for hydroxylation is 2. The van der Waals surface area contributed by atoms with Crippen LogP contribution in [0.3, 0.4) is 0 Å². The molecule has 2 rings (SSSR count). The van der Waals surface area contributed by atoms with E-state index in [1.165, 1.54) is 23.3 Å². The van der Waals surface area contributed by atoms with E-state index in [1.54, 1.807) is 0 Å². The van der Waals surface area contributed by atoms with E-state index in [9.17, 15) is 4.39 Å². The third-order valence-electron chi connectivity index (χ3n) is 3.16. The molecule has 0 aliphatic rings. The van der Waals surface area contributed by atoms with Crippen molar-refractivity contribution in [2.45, 2.75) is 26.8 Å². The zero-order valence-corrected chi connectivity index (χ0v) is 12.9. The molecule has 0 saturated heterocycles. The summed E-state index contributed by atoms with van der Waals surface area (Å²) in [7, 11) is 0. The second-order valence-corrected chi connectivity index (χ2v) is 5.71. The molecule has 0 spiro atoms. The van der Waals surface area contributed by atoms with Crippen molar-refractivity contribution in [3.05, 3.63) is 63.4 Å². The lowest BCUT2D eigenvalue weighted by Crippen LogP contribution is -2.08. The summed E-state index contributed by atoms with van der Waals surface area (Å²) < 4.78 is 14.0. The maximum Gasteiger partial charge on any atom is 0.123 e. The van der Waals surface area contributed by atoms with Crippen molar-refractivity contribution in [1.29, 1.82) is 0 Å². The zero-order valence-electron chi connectivity index (χ0n) is 11.3. The molecule has 19 heavy (non-hydrogen) atoms. The molecule has 0 fully saturated rings. The van der Waals surface area contributed by atoms with Crippen molar-refractivity contribution in [2.24, 2.45) is 0 Å². The largest absolute Gasteiger partial charge is 0.377 e. The van der Waals surface area contributed by atoms with Crippen LogP contribution in [0.5, 0.6) is 0 Å². The molecule has 0 saturated carbocycles. The predicted octanol–water partition coefficient (Wildman–Crippen LogP) is 5.38. The Balaban J connectivity index is 2.24. The average molecular weight is 322 g/mol. The van der Waals surface area contributed by atoms with Crippen LogP contribution in [-0.2, 0) is 0 Å². The number of benzene rings is 2. The third kappa shape index (κ3) is 3.35. The maximum atomic E-state index is 12.9. The lowest BCUT2D eigenvalue weighted by Gasteiger charge is -2.19. The summed E-state index contributed by atoms with van der Waals surface area (Å²) in [6, 6.07) is 11.0. The fourth-order valence-electron chi connectivity index (χ4n) is 2.15. The highest BCUT2D eigenvalue weighted by molar-refractivity contribution is 9.10. The van der Waals surface area contributed by atoms with Gasteiger partial charge in [0.1, 0.15) is 5.82 Å². The van der Waals surface area contributed by atoms with Gasteiger partial charge in [-0.3, -0.25) is 0 Å². The molecule has 1 N–H and O–H groups in total. The smallest absolute Gasteiger partial charge is 0.123 e. The number of hydrogen-bond donors (Lipinski definition) is 1. The van der Waals surface area contributed by atoms with Crippen molar-refractivity contribution in [1.82, 2.24) is 0 Å². The number of nitrogens with one attached hydrogen (secondary N) is 1.